The van der Waals surface area contributed by atoms with Crippen molar-refractivity contribution in [3.05, 3.63) is 24.3 Å². The van der Waals surface area contributed by atoms with Crippen LogP contribution in [0.25, 0.3) is 0 Å². The zero-order chi connectivity index (χ0) is 13.7. The van der Waals surface area contributed by atoms with Gasteiger partial charge in [0.2, 0.25) is 0 Å². The molecule has 4 nitrogen and oxygen atoms in total. The van der Waals surface area contributed by atoms with Gasteiger partial charge in [0, 0.05) is 24.3 Å². The number of ether oxygens (including phenoxy) is 1. The van der Waals surface area contributed by atoms with Gasteiger partial charge in [-0.1, -0.05) is 0 Å². The third-order valence-electron chi connectivity index (χ3n) is 3.74. The summed E-state index contributed by atoms with van der Waals surface area (Å²) in [6, 6.07) is 11.0. The molecule has 0 bridgehead atoms. The van der Waals surface area contributed by atoms with E-state index in [1.54, 1.807) is 0 Å². The molecule has 1 aliphatic rings. The Kier molecular flexibility index (Phi) is 4.64. The average molecular weight is 259 g/mol. The average Bonchev–Trinajstić information content (AvgIpc) is 2.42. The minimum absolute atomic E-state index is 0.0965. The second kappa shape index (κ2) is 6.44. The van der Waals surface area contributed by atoms with Crippen LogP contribution < -0.4 is 10.1 Å². The van der Waals surface area contributed by atoms with Crippen LogP contribution in [0, 0.1) is 11.3 Å². The summed E-state index contributed by atoms with van der Waals surface area (Å²) in [4.78, 5) is 2.40. The topological polar surface area (TPSA) is 48.3 Å². The summed E-state index contributed by atoms with van der Waals surface area (Å²) in [6.45, 7) is 3.51. The summed E-state index contributed by atoms with van der Waals surface area (Å²) >= 11 is 0. The molecule has 0 amide bonds. The molecule has 0 radical (unpaired) electrons. The van der Waals surface area contributed by atoms with Gasteiger partial charge in [0.05, 0.1) is 0 Å². The Morgan fingerprint density at radius 3 is 2.79 bits per heavy atom. The molecular formula is C15H21N3O. The van der Waals surface area contributed by atoms with Gasteiger partial charge in [-0.25, -0.2) is 0 Å². The highest BCUT2D eigenvalue weighted by atomic mass is 16.5. The van der Waals surface area contributed by atoms with Gasteiger partial charge in [-0.15, -0.1) is 0 Å². The fraction of sp³-hybridized carbons (Fsp3) is 0.533. The number of anilines is 1. The van der Waals surface area contributed by atoms with Crippen LogP contribution in [0.1, 0.15) is 19.8 Å². The molecule has 2 atom stereocenters. The Labute approximate surface area is 115 Å². The van der Waals surface area contributed by atoms with Gasteiger partial charge in [-0.3, -0.25) is 0 Å². The van der Waals surface area contributed by atoms with Crippen molar-refractivity contribution in [1.29, 1.82) is 5.26 Å². The summed E-state index contributed by atoms with van der Waals surface area (Å²) < 4.78 is 5.24. The lowest BCUT2D eigenvalue weighted by atomic mass is 9.99. The van der Waals surface area contributed by atoms with Crippen LogP contribution in [0.15, 0.2) is 24.3 Å². The van der Waals surface area contributed by atoms with Crippen molar-refractivity contribution in [2.75, 3.05) is 25.5 Å². The lowest BCUT2D eigenvalue weighted by molar-refractivity contribution is 0.190. The van der Waals surface area contributed by atoms with E-state index in [-0.39, 0.29) is 6.61 Å². The normalized spacial score (nSPS) is 23.6. The minimum atomic E-state index is 0.0965. The first-order valence-corrected chi connectivity index (χ1v) is 6.75. The van der Waals surface area contributed by atoms with Crippen molar-refractivity contribution >= 4 is 5.69 Å². The zero-order valence-electron chi connectivity index (χ0n) is 11.6. The van der Waals surface area contributed by atoms with Crippen molar-refractivity contribution in [3.8, 4) is 11.8 Å². The van der Waals surface area contributed by atoms with Gasteiger partial charge >= 0.3 is 0 Å². The van der Waals surface area contributed by atoms with Crippen LogP contribution in [-0.2, 0) is 0 Å². The molecule has 102 valence electrons. The number of rotatable bonds is 4. The first kappa shape index (κ1) is 13.7. The molecule has 0 spiro atoms. The molecule has 1 aliphatic heterocycles. The summed E-state index contributed by atoms with van der Waals surface area (Å²) in [7, 11) is 2.18. The number of likely N-dealkylation sites (tertiary alicyclic amines) is 1. The molecule has 0 aliphatic carbocycles. The molecule has 2 unspecified atom stereocenters. The summed E-state index contributed by atoms with van der Waals surface area (Å²) in [5, 5.41) is 12.0. The summed E-state index contributed by atoms with van der Waals surface area (Å²) in [5.74, 6) is 0.740. The monoisotopic (exact) mass is 259 g/mol. The third-order valence-corrected chi connectivity index (χ3v) is 3.74. The van der Waals surface area contributed by atoms with Crippen LogP contribution in [-0.4, -0.2) is 37.2 Å². The van der Waals surface area contributed by atoms with Crippen LogP contribution >= 0.6 is 0 Å². The van der Waals surface area contributed by atoms with Crippen LogP contribution in [0.4, 0.5) is 5.69 Å². The summed E-state index contributed by atoms with van der Waals surface area (Å²) in [5.41, 5.74) is 1.12. The smallest absolute Gasteiger partial charge is 0.174 e. The van der Waals surface area contributed by atoms with Gasteiger partial charge < -0.3 is 15.0 Å². The minimum Gasteiger partial charge on any atom is -0.479 e. The van der Waals surface area contributed by atoms with E-state index in [0.717, 1.165) is 18.0 Å². The Balaban J connectivity index is 1.87. The van der Waals surface area contributed by atoms with Crippen molar-refractivity contribution in [2.24, 2.45) is 0 Å². The molecular weight excluding hydrogens is 238 g/mol. The highest BCUT2D eigenvalue weighted by Crippen LogP contribution is 2.21. The molecule has 1 heterocycles. The van der Waals surface area contributed by atoms with Crippen molar-refractivity contribution in [1.82, 2.24) is 4.90 Å². The molecule has 4 heteroatoms. The molecule has 1 N–H and O–H groups in total. The van der Waals surface area contributed by atoms with Gasteiger partial charge in [0.15, 0.2) is 6.61 Å². The largest absolute Gasteiger partial charge is 0.479 e. The Morgan fingerprint density at radius 2 is 2.16 bits per heavy atom. The number of nitrogens with one attached hydrogen (secondary N) is 1. The van der Waals surface area contributed by atoms with E-state index in [1.807, 2.05) is 30.3 Å². The van der Waals surface area contributed by atoms with Crippen molar-refractivity contribution in [3.63, 3.8) is 0 Å². The lowest BCUT2D eigenvalue weighted by Crippen LogP contribution is -2.42. The van der Waals surface area contributed by atoms with E-state index in [1.165, 1.54) is 12.8 Å². The number of nitrogens with zero attached hydrogens (tertiary/aromatic N) is 2. The van der Waals surface area contributed by atoms with E-state index >= 15 is 0 Å². The van der Waals surface area contributed by atoms with Crippen LogP contribution in [0.5, 0.6) is 5.75 Å². The zero-order valence-corrected chi connectivity index (χ0v) is 11.6. The van der Waals surface area contributed by atoms with Gasteiger partial charge in [0.1, 0.15) is 11.8 Å². The molecule has 19 heavy (non-hydrogen) atoms. The fourth-order valence-electron chi connectivity index (χ4n) is 2.42. The molecule has 0 saturated carbocycles. The molecule has 1 aromatic carbocycles. The number of nitriles is 1. The Bertz CT molecular complexity index is 438. The van der Waals surface area contributed by atoms with E-state index in [9.17, 15) is 0 Å². The second-order valence-corrected chi connectivity index (χ2v) is 5.17. The Morgan fingerprint density at radius 1 is 1.42 bits per heavy atom. The number of hydrogen-bond donors (Lipinski definition) is 1. The molecule has 0 aromatic heterocycles. The number of benzene rings is 1. The first-order chi connectivity index (χ1) is 9.19. The van der Waals surface area contributed by atoms with E-state index in [2.05, 4.69) is 24.2 Å². The van der Waals surface area contributed by atoms with Gasteiger partial charge in [0.25, 0.3) is 0 Å². The van der Waals surface area contributed by atoms with Crippen LogP contribution in [0.2, 0.25) is 0 Å². The predicted octanol–water partition coefficient (Wildman–Crippen LogP) is 2.48. The van der Waals surface area contributed by atoms with E-state index in [0.29, 0.717) is 12.1 Å². The number of hydrogen-bond acceptors (Lipinski definition) is 4. The molecule has 1 saturated heterocycles. The second-order valence-electron chi connectivity index (χ2n) is 5.17. The highest BCUT2D eigenvalue weighted by Gasteiger charge is 2.22. The van der Waals surface area contributed by atoms with E-state index in [4.69, 9.17) is 10.00 Å². The van der Waals surface area contributed by atoms with E-state index < -0.39 is 0 Å². The number of piperidine rings is 1. The third kappa shape index (κ3) is 3.87. The maximum absolute atomic E-state index is 8.45. The fourth-order valence-corrected chi connectivity index (χ4v) is 2.42. The first-order valence-electron chi connectivity index (χ1n) is 6.75. The molecule has 2 rings (SSSR count). The maximum atomic E-state index is 8.45. The van der Waals surface area contributed by atoms with Gasteiger partial charge in [-0.05, 0) is 51.1 Å². The summed E-state index contributed by atoms with van der Waals surface area (Å²) in [6.07, 6.45) is 2.34. The lowest BCUT2D eigenvalue weighted by Gasteiger charge is -2.35. The highest BCUT2D eigenvalue weighted by molar-refractivity contribution is 5.47. The quantitative estimate of drug-likeness (QED) is 0.902. The van der Waals surface area contributed by atoms with Crippen LogP contribution in [0.3, 0.4) is 0 Å². The molecule has 1 aromatic rings. The SMILES string of the molecule is CC1CC(Nc2ccc(OCC#N)cc2)CCN1C. The Hall–Kier alpha value is -1.73. The van der Waals surface area contributed by atoms with Crippen molar-refractivity contribution < 1.29 is 4.74 Å². The van der Waals surface area contributed by atoms with Crippen molar-refractivity contribution in [2.45, 2.75) is 31.8 Å². The van der Waals surface area contributed by atoms with Gasteiger partial charge in [-0.2, -0.15) is 5.26 Å². The standard InChI is InChI=1S/C15H21N3O/c1-12-11-14(7-9-18(12)2)17-13-3-5-15(6-4-13)19-10-8-16/h3-6,12,14,17H,7,9-11H2,1-2H3. The predicted molar refractivity (Wildman–Crippen MR) is 76.3 cm³/mol. The molecule has 1 fully saturated rings. The maximum Gasteiger partial charge on any atom is 0.174 e.